The van der Waals surface area contributed by atoms with E-state index in [0.29, 0.717) is 0 Å². The van der Waals surface area contributed by atoms with Gasteiger partial charge < -0.3 is 10.4 Å². The van der Waals surface area contributed by atoms with Crippen molar-refractivity contribution in [1.82, 2.24) is 4.98 Å². The van der Waals surface area contributed by atoms with Crippen LogP contribution >= 0.6 is 0 Å². The smallest absolute Gasteiger partial charge is 0.133 e. The van der Waals surface area contributed by atoms with Gasteiger partial charge in [0.05, 0.1) is 0 Å². The maximum Gasteiger partial charge on any atom is 0.133 e. The number of rotatable bonds is 3. The quantitative estimate of drug-likeness (QED) is 0.881. The number of anilines is 1. The van der Waals surface area contributed by atoms with E-state index >= 15 is 0 Å². The molecule has 0 fully saturated rings. The summed E-state index contributed by atoms with van der Waals surface area (Å²) >= 11 is 0. The fraction of sp³-hybridized carbons (Fsp3) is 0.167. The molecule has 0 spiro atoms. The molecule has 1 aromatic carbocycles. The molecular weight excluding hydrogens is 260 g/mol. The molecule has 0 atom stereocenters. The first kappa shape index (κ1) is 13.4. The zero-order valence-corrected chi connectivity index (χ0v) is 12.0. The van der Waals surface area contributed by atoms with Gasteiger partial charge in [0.25, 0.3) is 0 Å². The van der Waals surface area contributed by atoms with E-state index in [1.807, 2.05) is 24.5 Å². The summed E-state index contributed by atoms with van der Waals surface area (Å²) < 4.78 is 0. The van der Waals surface area contributed by atoms with Crippen LogP contribution in [0.25, 0.3) is 11.1 Å². The Hall–Kier alpha value is -2.55. The van der Waals surface area contributed by atoms with Gasteiger partial charge in [-0.1, -0.05) is 31.2 Å². The Labute approximate surface area is 124 Å². The number of pyridine rings is 1. The largest absolute Gasteiger partial charge is 0.508 e. The zero-order valence-electron chi connectivity index (χ0n) is 12.0. The van der Waals surface area contributed by atoms with Crippen molar-refractivity contribution in [2.24, 2.45) is 0 Å². The third-order valence-corrected chi connectivity index (χ3v) is 3.52. The van der Waals surface area contributed by atoms with Crippen molar-refractivity contribution in [1.29, 1.82) is 0 Å². The van der Waals surface area contributed by atoms with Gasteiger partial charge in [-0.25, -0.2) is 4.98 Å². The number of aromatic nitrogens is 1. The predicted octanol–water partition coefficient (Wildman–Crippen LogP) is 4.27. The molecule has 21 heavy (non-hydrogen) atoms. The Balaban J connectivity index is 1.89. The highest BCUT2D eigenvalue weighted by atomic mass is 16.3. The van der Waals surface area contributed by atoms with Crippen molar-refractivity contribution in [3.8, 4) is 16.9 Å². The number of hydrogen-bond acceptors (Lipinski definition) is 3. The maximum absolute atomic E-state index is 9.37. The summed E-state index contributed by atoms with van der Waals surface area (Å²) in [5.41, 5.74) is 4.58. The SMILES string of the molecule is CC/C=C/C1=CNc2ncc(-c3ccc(O)cc3)cc2C1. The first-order valence-corrected chi connectivity index (χ1v) is 7.16. The van der Waals surface area contributed by atoms with E-state index in [1.165, 1.54) is 11.1 Å². The van der Waals surface area contributed by atoms with Crippen LogP contribution in [-0.4, -0.2) is 10.1 Å². The normalized spacial score (nSPS) is 13.7. The maximum atomic E-state index is 9.37. The van der Waals surface area contributed by atoms with Gasteiger partial charge >= 0.3 is 0 Å². The van der Waals surface area contributed by atoms with Gasteiger partial charge in [-0.3, -0.25) is 0 Å². The molecule has 3 rings (SSSR count). The zero-order chi connectivity index (χ0) is 14.7. The Morgan fingerprint density at radius 2 is 2.05 bits per heavy atom. The number of benzene rings is 1. The van der Waals surface area contributed by atoms with Crippen LogP contribution in [0.1, 0.15) is 18.9 Å². The number of phenolic OH excluding ortho intramolecular Hbond substituents is 1. The first-order valence-electron chi connectivity index (χ1n) is 7.16. The van der Waals surface area contributed by atoms with E-state index in [1.54, 1.807) is 12.1 Å². The van der Waals surface area contributed by atoms with Crippen LogP contribution < -0.4 is 5.32 Å². The van der Waals surface area contributed by atoms with Crippen molar-refractivity contribution < 1.29 is 5.11 Å². The van der Waals surface area contributed by atoms with Crippen LogP contribution in [0.2, 0.25) is 0 Å². The van der Waals surface area contributed by atoms with Crippen molar-refractivity contribution in [3.05, 3.63) is 66.0 Å². The molecule has 1 aromatic heterocycles. The molecule has 0 saturated heterocycles. The Morgan fingerprint density at radius 1 is 1.24 bits per heavy atom. The van der Waals surface area contributed by atoms with Crippen LogP contribution in [0.3, 0.4) is 0 Å². The molecule has 2 heterocycles. The fourth-order valence-corrected chi connectivity index (χ4v) is 2.40. The second-order valence-electron chi connectivity index (χ2n) is 5.13. The molecule has 2 N–H and O–H groups in total. The van der Waals surface area contributed by atoms with E-state index in [2.05, 4.69) is 35.4 Å². The Bertz CT molecular complexity index is 700. The molecule has 0 radical (unpaired) electrons. The van der Waals surface area contributed by atoms with E-state index < -0.39 is 0 Å². The molecule has 0 aliphatic carbocycles. The first-order chi connectivity index (χ1) is 10.3. The van der Waals surface area contributed by atoms with Gasteiger partial charge in [-0.15, -0.1) is 0 Å². The van der Waals surface area contributed by atoms with E-state index in [9.17, 15) is 5.11 Å². The van der Waals surface area contributed by atoms with Crippen LogP contribution in [0.4, 0.5) is 5.82 Å². The van der Waals surface area contributed by atoms with Gasteiger partial charge in [-0.05, 0) is 41.3 Å². The summed E-state index contributed by atoms with van der Waals surface area (Å²) in [6.45, 7) is 2.13. The minimum atomic E-state index is 0.279. The van der Waals surface area contributed by atoms with Crippen molar-refractivity contribution >= 4 is 5.82 Å². The number of phenols is 1. The van der Waals surface area contributed by atoms with Crippen LogP contribution in [0.5, 0.6) is 5.75 Å². The molecule has 0 saturated carbocycles. The van der Waals surface area contributed by atoms with E-state index in [-0.39, 0.29) is 5.75 Å². The number of aromatic hydroxyl groups is 1. The third kappa shape index (κ3) is 2.97. The third-order valence-electron chi connectivity index (χ3n) is 3.52. The molecule has 1 aliphatic rings. The van der Waals surface area contributed by atoms with Gasteiger partial charge in [0.1, 0.15) is 11.6 Å². The summed E-state index contributed by atoms with van der Waals surface area (Å²) in [5, 5.41) is 12.6. The lowest BCUT2D eigenvalue weighted by atomic mass is 9.99. The van der Waals surface area contributed by atoms with E-state index in [4.69, 9.17) is 0 Å². The lowest BCUT2D eigenvalue weighted by Gasteiger charge is -2.16. The topological polar surface area (TPSA) is 45.2 Å². The fourth-order valence-electron chi connectivity index (χ4n) is 2.40. The van der Waals surface area contributed by atoms with Crippen LogP contribution in [0.15, 0.2) is 60.5 Å². The van der Waals surface area contributed by atoms with Crippen molar-refractivity contribution in [2.75, 3.05) is 5.32 Å². The van der Waals surface area contributed by atoms with Crippen molar-refractivity contribution in [3.63, 3.8) is 0 Å². The molecule has 0 amide bonds. The minimum Gasteiger partial charge on any atom is -0.508 e. The lowest BCUT2D eigenvalue weighted by Crippen LogP contribution is -2.06. The van der Waals surface area contributed by atoms with Crippen LogP contribution in [-0.2, 0) is 6.42 Å². The van der Waals surface area contributed by atoms with Crippen molar-refractivity contribution in [2.45, 2.75) is 19.8 Å². The highest BCUT2D eigenvalue weighted by molar-refractivity contribution is 5.68. The average molecular weight is 278 g/mol. The second-order valence-corrected chi connectivity index (χ2v) is 5.13. The monoisotopic (exact) mass is 278 g/mol. The molecule has 3 nitrogen and oxygen atoms in total. The molecule has 3 heteroatoms. The highest BCUT2D eigenvalue weighted by Crippen LogP contribution is 2.28. The Morgan fingerprint density at radius 3 is 2.81 bits per heavy atom. The second kappa shape index (κ2) is 5.83. The average Bonchev–Trinajstić information content (AvgIpc) is 2.53. The summed E-state index contributed by atoms with van der Waals surface area (Å²) in [5.74, 6) is 1.20. The number of nitrogens with one attached hydrogen (secondary N) is 1. The Kier molecular flexibility index (Phi) is 3.73. The summed E-state index contributed by atoms with van der Waals surface area (Å²) in [6, 6.07) is 9.37. The number of nitrogens with zero attached hydrogens (tertiary/aromatic N) is 1. The van der Waals surface area contributed by atoms with Gasteiger partial charge in [0, 0.05) is 24.4 Å². The number of hydrogen-bond donors (Lipinski definition) is 2. The standard InChI is InChI=1S/C18H18N2O/c1-2-3-4-13-9-15-10-16(12-20-18(15)19-11-13)14-5-7-17(21)8-6-14/h3-8,10-12,21H,2,9H2,1H3,(H,19,20)/b4-3+. The molecule has 106 valence electrons. The molecular formula is C18H18N2O. The van der Waals surface area contributed by atoms with E-state index in [0.717, 1.165) is 29.8 Å². The lowest BCUT2D eigenvalue weighted by molar-refractivity contribution is 0.475. The van der Waals surface area contributed by atoms with Gasteiger partial charge in [0.15, 0.2) is 0 Å². The predicted molar refractivity (Wildman–Crippen MR) is 86.2 cm³/mol. The molecule has 2 aromatic rings. The summed E-state index contributed by atoms with van der Waals surface area (Å²) in [6.07, 6.45) is 10.1. The van der Waals surface area contributed by atoms with Gasteiger partial charge in [-0.2, -0.15) is 0 Å². The number of allylic oxidation sites excluding steroid dienone is 3. The minimum absolute atomic E-state index is 0.279. The molecule has 0 bridgehead atoms. The van der Waals surface area contributed by atoms with Gasteiger partial charge in [0.2, 0.25) is 0 Å². The molecule has 1 aliphatic heterocycles. The summed E-state index contributed by atoms with van der Waals surface area (Å²) in [7, 11) is 0. The summed E-state index contributed by atoms with van der Waals surface area (Å²) in [4.78, 5) is 4.49. The highest BCUT2D eigenvalue weighted by Gasteiger charge is 2.11. The molecule has 0 unspecified atom stereocenters. The van der Waals surface area contributed by atoms with Crippen LogP contribution in [0, 0.1) is 0 Å². The number of fused-ring (bicyclic) bond motifs is 1.